The Balaban J connectivity index is 2.04. The molecule has 0 aliphatic heterocycles. The van der Waals surface area contributed by atoms with Gasteiger partial charge in [0.05, 0.1) is 23.1 Å². The van der Waals surface area contributed by atoms with Crippen LogP contribution in [-0.4, -0.2) is 50.1 Å². The van der Waals surface area contributed by atoms with Gasteiger partial charge in [0.2, 0.25) is 0 Å². The van der Waals surface area contributed by atoms with Gasteiger partial charge in [0.25, 0.3) is 5.91 Å². The first-order valence-electron chi connectivity index (χ1n) is 7.64. The van der Waals surface area contributed by atoms with Crippen molar-refractivity contribution in [3.05, 3.63) is 41.3 Å². The van der Waals surface area contributed by atoms with E-state index < -0.39 is 0 Å². The number of carbonyl (C=O) groups is 1. The molecule has 0 bridgehead atoms. The molecule has 0 spiro atoms. The molecule has 8 heteroatoms. The molecule has 0 fully saturated rings. The van der Waals surface area contributed by atoms with E-state index >= 15 is 0 Å². The van der Waals surface area contributed by atoms with Gasteiger partial charge in [-0.3, -0.25) is 9.69 Å². The third-order valence-electron chi connectivity index (χ3n) is 3.65. The smallest absolute Gasteiger partial charge is 0.295 e. The van der Waals surface area contributed by atoms with Crippen molar-refractivity contribution >= 4 is 44.2 Å². The molecule has 0 radical (unpaired) electrons. The number of hydrogen-bond donors (Lipinski definition) is 0. The molecule has 2 heterocycles. The van der Waals surface area contributed by atoms with E-state index in [1.165, 1.54) is 17.6 Å². The van der Waals surface area contributed by atoms with E-state index in [2.05, 4.69) is 4.98 Å². The van der Waals surface area contributed by atoms with Gasteiger partial charge in [0, 0.05) is 13.1 Å². The average molecular weight is 380 g/mol. The van der Waals surface area contributed by atoms with Crippen LogP contribution in [0.4, 0.5) is 5.13 Å². The molecule has 6 nitrogen and oxygen atoms in total. The van der Waals surface area contributed by atoms with E-state index in [0.717, 1.165) is 4.70 Å². The van der Waals surface area contributed by atoms with Crippen LogP contribution in [0.5, 0.6) is 5.75 Å². The standard InChI is InChI=1S/C17H18ClN3O3S/c1-20(2)8-9-21(16(22)13-5-4-10-24-13)17-19-14-12(23-3)7-6-11(18)15(14)25-17/h4-7,10H,8-9H2,1-3H3. The number of thiazole rings is 1. The molecular formula is C17H18ClN3O3S. The number of carbonyl (C=O) groups excluding carboxylic acids is 1. The van der Waals surface area contributed by atoms with Gasteiger partial charge in [-0.1, -0.05) is 22.9 Å². The van der Waals surface area contributed by atoms with Crippen LogP contribution in [0.15, 0.2) is 34.9 Å². The largest absolute Gasteiger partial charge is 0.494 e. The Labute approximate surface area is 154 Å². The van der Waals surface area contributed by atoms with Crippen molar-refractivity contribution < 1.29 is 13.9 Å². The number of benzene rings is 1. The number of amides is 1. The molecule has 0 atom stereocenters. The second-order valence-corrected chi connectivity index (χ2v) is 7.05. The molecule has 25 heavy (non-hydrogen) atoms. The first kappa shape index (κ1) is 17.7. The molecule has 1 amide bonds. The second kappa shape index (κ2) is 7.43. The van der Waals surface area contributed by atoms with Crippen LogP contribution in [-0.2, 0) is 0 Å². The summed E-state index contributed by atoms with van der Waals surface area (Å²) in [6.07, 6.45) is 1.48. The van der Waals surface area contributed by atoms with E-state index in [4.69, 9.17) is 20.8 Å². The molecule has 3 aromatic rings. The van der Waals surface area contributed by atoms with Crippen molar-refractivity contribution in [2.45, 2.75) is 0 Å². The van der Waals surface area contributed by atoms with E-state index in [0.29, 0.717) is 34.5 Å². The fraction of sp³-hybridized carbons (Fsp3) is 0.294. The van der Waals surface area contributed by atoms with Crippen molar-refractivity contribution in [1.82, 2.24) is 9.88 Å². The molecule has 0 unspecified atom stereocenters. The number of likely N-dealkylation sites (N-methyl/N-ethyl adjacent to an activating group) is 1. The fourth-order valence-corrected chi connectivity index (χ4v) is 3.62. The van der Waals surface area contributed by atoms with E-state index in [9.17, 15) is 4.79 Å². The van der Waals surface area contributed by atoms with Crippen LogP contribution in [0, 0.1) is 0 Å². The van der Waals surface area contributed by atoms with Crippen LogP contribution < -0.4 is 9.64 Å². The lowest BCUT2D eigenvalue weighted by Gasteiger charge is -2.20. The summed E-state index contributed by atoms with van der Waals surface area (Å²) in [6, 6.07) is 6.87. The number of anilines is 1. The molecule has 2 aromatic heterocycles. The number of ether oxygens (including phenoxy) is 1. The van der Waals surface area contributed by atoms with Gasteiger partial charge in [-0.05, 0) is 38.4 Å². The third kappa shape index (κ3) is 3.63. The zero-order valence-electron chi connectivity index (χ0n) is 14.2. The zero-order valence-corrected chi connectivity index (χ0v) is 15.7. The second-order valence-electron chi connectivity index (χ2n) is 5.66. The van der Waals surface area contributed by atoms with Gasteiger partial charge < -0.3 is 14.1 Å². The average Bonchev–Trinajstić information content (AvgIpc) is 3.25. The maximum Gasteiger partial charge on any atom is 0.295 e. The van der Waals surface area contributed by atoms with Crippen LogP contribution in [0.25, 0.3) is 10.2 Å². The van der Waals surface area contributed by atoms with E-state index in [-0.39, 0.29) is 11.7 Å². The topological polar surface area (TPSA) is 58.8 Å². The highest BCUT2D eigenvalue weighted by Gasteiger charge is 2.24. The number of hydrogen-bond acceptors (Lipinski definition) is 6. The van der Waals surface area contributed by atoms with Gasteiger partial charge in [-0.15, -0.1) is 0 Å². The number of fused-ring (bicyclic) bond motifs is 1. The van der Waals surface area contributed by atoms with Gasteiger partial charge in [0.15, 0.2) is 10.9 Å². The molecule has 0 N–H and O–H groups in total. The maximum atomic E-state index is 12.9. The molecular weight excluding hydrogens is 362 g/mol. The number of halogens is 1. The molecule has 132 valence electrons. The number of rotatable bonds is 6. The summed E-state index contributed by atoms with van der Waals surface area (Å²) in [7, 11) is 5.49. The zero-order chi connectivity index (χ0) is 18.0. The summed E-state index contributed by atoms with van der Waals surface area (Å²) in [5, 5.41) is 1.14. The molecule has 0 aliphatic rings. The SMILES string of the molecule is COc1ccc(Cl)c2sc(N(CCN(C)C)C(=O)c3ccco3)nc12. The lowest BCUT2D eigenvalue weighted by Crippen LogP contribution is -2.36. The summed E-state index contributed by atoms with van der Waals surface area (Å²) in [5.41, 5.74) is 0.650. The minimum atomic E-state index is -0.235. The lowest BCUT2D eigenvalue weighted by molar-refractivity contribution is 0.0958. The van der Waals surface area contributed by atoms with E-state index in [1.807, 2.05) is 19.0 Å². The quantitative estimate of drug-likeness (QED) is 0.652. The maximum absolute atomic E-state index is 12.9. The molecule has 0 saturated heterocycles. The minimum absolute atomic E-state index is 0.235. The Morgan fingerprint density at radius 1 is 1.32 bits per heavy atom. The summed E-state index contributed by atoms with van der Waals surface area (Å²) in [4.78, 5) is 21.1. The highest BCUT2D eigenvalue weighted by molar-refractivity contribution is 7.23. The van der Waals surface area contributed by atoms with Crippen molar-refractivity contribution in [2.75, 3.05) is 39.2 Å². The van der Waals surface area contributed by atoms with Crippen LogP contribution in [0.3, 0.4) is 0 Å². The number of methoxy groups -OCH3 is 1. The predicted molar refractivity (Wildman–Crippen MR) is 100 cm³/mol. The lowest BCUT2D eigenvalue weighted by atomic mass is 10.3. The van der Waals surface area contributed by atoms with Gasteiger partial charge >= 0.3 is 0 Å². The Kier molecular flexibility index (Phi) is 5.27. The van der Waals surface area contributed by atoms with Crippen LogP contribution in [0.2, 0.25) is 5.02 Å². The van der Waals surface area contributed by atoms with Crippen molar-refractivity contribution in [3.8, 4) is 5.75 Å². The highest BCUT2D eigenvalue weighted by atomic mass is 35.5. The Morgan fingerprint density at radius 2 is 2.12 bits per heavy atom. The first-order chi connectivity index (χ1) is 12.0. The van der Waals surface area contributed by atoms with Gasteiger partial charge in [-0.2, -0.15) is 0 Å². The normalized spacial score (nSPS) is 11.2. The van der Waals surface area contributed by atoms with Gasteiger partial charge in [0.1, 0.15) is 11.3 Å². The molecule has 0 saturated carbocycles. The summed E-state index contributed by atoms with van der Waals surface area (Å²) < 4.78 is 11.4. The number of aromatic nitrogens is 1. The van der Waals surface area contributed by atoms with Crippen molar-refractivity contribution in [3.63, 3.8) is 0 Å². The van der Waals surface area contributed by atoms with Gasteiger partial charge in [-0.25, -0.2) is 4.98 Å². The molecule has 3 rings (SSSR count). The predicted octanol–water partition coefficient (Wildman–Crippen LogP) is 3.76. The highest BCUT2D eigenvalue weighted by Crippen LogP contribution is 2.39. The number of furan rings is 1. The number of nitrogens with zero attached hydrogens (tertiary/aromatic N) is 3. The summed E-state index contributed by atoms with van der Waals surface area (Å²) >= 11 is 7.66. The van der Waals surface area contributed by atoms with Crippen LogP contribution >= 0.6 is 22.9 Å². The summed E-state index contributed by atoms with van der Waals surface area (Å²) in [5.74, 6) is 0.664. The Hall–Kier alpha value is -2.09. The van der Waals surface area contributed by atoms with Crippen molar-refractivity contribution in [1.29, 1.82) is 0 Å². The Bertz CT molecular complexity index is 877. The van der Waals surface area contributed by atoms with E-state index in [1.54, 1.807) is 36.3 Å². The fourth-order valence-electron chi connectivity index (χ4n) is 2.34. The molecule has 0 aliphatic carbocycles. The van der Waals surface area contributed by atoms with Crippen molar-refractivity contribution in [2.24, 2.45) is 0 Å². The third-order valence-corrected chi connectivity index (χ3v) is 5.18. The monoisotopic (exact) mass is 379 g/mol. The minimum Gasteiger partial charge on any atom is -0.494 e. The van der Waals surface area contributed by atoms with Crippen LogP contribution in [0.1, 0.15) is 10.6 Å². The first-order valence-corrected chi connectivity index (χ1v) is 8.84. The summed E-state index contributed by atoms with van der Waals surface area (Å²) in [6.45, 7) is 1.17. The Morgan fingerprint density at radius 3 is 2.76 bits per heavy atom. The molecule has 1 aromatic carbocycles.